The van der Waals surface area contributed by atoms with Crippen molar-refractivity contribution < 1.29 is 9.34 Å². The van der Waals surface area contributed by atoms with Crippen molar-refractivity contribution in [3.63, 3.8) is 0 Å². The SMILES string of the molecule is O=[N+]([O-])c1ccc(/C=C/c2nccn2Cc2ccccn2)o1. The van der Waals surface area contributed by atoms with E-state index in [2.05, 4.69) is 9.97 Å². The first kappa shape index (κ1) is 13.7. The quantitative estimate of drug-likeness (QED) is 0.533. The molecule has 0 amide bonds. The van der Waals surface area contributed by atoms with Crippen LogP contribution in [0.15, 0.2) is 53.3 Å². The van der Waals surface area contributed by atoms with E-state index in [-0.39, 0.29) is 5.88 Å². The average molecular weight is 296 g/mol. The highest BCUT2D eigenvalue weighted by Crippen LogP contribution is 2.17. The monoisotopic (exact) mass is 296 g/mol. The molecule has 0 aliphatic carbocycles. The Balaban J connectivity index is 1.77. The molecule has 110 valence electrons. The predicted octanol–water partition coefficient (Wildman–Crippen LogP) is 3.00. The van der Waals surface area contributed by atoms with E-state index < -0.39 is 4.92 Å². The fraction of sp³-hybridized carbons (Fsp3) is 0.0667. The van der Waals surface area contributed by atoms with Gasteiger partial charge in [-0.05, 0) is 30.4 Å². The van der Waals surface area contributed by atoms with Gasteiger partial charge in [0.25, 0.3) is 0 Å². The summed E-state index contributed by atoms with van der Waals surface area (Å²) < 4.78 is 6.99. The number of aromatic nitrogens is 3. The average Bonchev–Trinajstić information content (AvgIpc) is 3.15. The minimum Gasteiger partial charge on any atom is -0.401 e. The van der Waals surface area contributed by atoms with E-state index in [1.165, 1.54) is 6.07 Å². The molecule has 0 atom stereocenters. The second kappa shape index (κ2) is 6.04. The Bertz CT molecular complexity index is 805. The molecule has 0 aliphatic heterocycles. The van der Waals surface area contributed by atoms with Crippen molar-refractivity contribution in [1.29, 1.82) is 0 Å². The number of hydrogen-bond acceptors (Lipinski definition) is 5. The van der Waals surface area contributed by atoms with Gasteiger partial charge in [0.1, 0.15) is 16.5 Å². The van der Waals surface area contributed by atoms with E-state index in [1.54, 1.807) is 30.6 Å². The van der Waals surface area contributed by atoms with Crippen LogP contribution < -0.4 is 0 Å². The molecule has 0 fully saturated rings. The number of nitrogens with zero attached hydrogens (tertiary/aromatic N) is 4. The van der Waals surface area contributed by atoms with Crippen molar-refractivity contribution in [3.05, 3.63) is 76.3 Å². The highest BCUT2D eigenvalue weighted by Gasteiger charge is 2.10. The largest absolute Gasteiger partial charge is 0.433 e. The Kier molecular flexibility index (Phi) is 3.78. The molecule has 3 heterocycles. The van der Waals surface area contributed by atoms with Gasteiger partial charge in [-0.3, -0.25) is 15.1 Å². The first-order valence-electron chi connectivity index (χ1n) is 6.56. The van der Waals surface area contributed by atoms with E-state index >= 15 is 0 Å². The van der Waals surface area contributed by atoms with Gasteiger partial charge in [-0.1, -0.05) is 6.07 Å². The Hall–Kier alpha value is -3.22. The molecule has 22 heavy (non-hydrogen) atoms. The summed E-state index contributed by atoms with van der Waals surface area (Å²) in [7, 11) is 0. The number of nitro groups is 1. The lowest BCUT2D eigenvalue weighted by molar-refractivity contribution is -0.402. The van der Waals surface area contributed by atoms with Crippen LogP contribution in [0.4, 0.5) is 5.88 Å². The minimum absolute atomic E-state index is 0.281. The maximum Gasteiger partial charge on any atom is 0.433 e. The standard InChI is InChI=1S/C15H12N4O3/c20-19(21)15-7-5-13(22-15)4-6-14-17-9-10-18(14)11-12-3-1-2-8-16-12/h1-10H,11H2/b6-4+. The van der Waals surface area contributed by atoms with E-state index in [9.17, 15) is 10.1 Å². The number of rotatable bonds is 5. The van der Waals surface area contributed by atoms with Crippen LogP contribution in [0, 0.1) is 10.1 Å². The van der Waals surface area contributed by atoms with Crippen molar-refractivity contribution in [2.24, 2.45) is 0 Å². The molecule has 3 rings (SSSR count). The maximum absolute atomic E-state index is 10.6. The summed E-state index contributed by atoms with van der Waals surface area (Å²) in [6.07, 6.45) is 8.66. The summed E-state index contributed by atoms with van der Waals surface area (Å²) >= 11 is 0. The predicted molar refractivity (Wildman–Crippen MR) is 79.9 cm³/mol. The Morgan fingerprint density at radius 2 is 2.09 bits per heavy atom. The Morgan fingerprint density at radius 3 is 2.82 bits per heavy atom. The van der Waals surface area contributed by atoms with E-state index in [0.717, 1.165) is 5.69 Å². The van der Waals surface area contributed by atoms with Crippen molar-refractivity contribution >= 4 is 18.0 Å². The molecular weight excluding hydrogens is 284 g/mol. The van der Waals surface area contributed by atoms with Gasteiger partial charge in [-0.2, -0.15) is 0 Å². The topological polar surface area (TPSA) is 87.0 Å². The van der Waals surface area contributed by atoms with Crippen molar-refractivity contribution in [2.45, 2.75) is 6.54 Å². The summed E-state index contributed by atoms with van der Waals surface area (Å²) in [4.78, 5) is 18.5. The summed E-state index contributed by atoms with van der Waals surface area (Å²) in [5, 5.41) is 10.6. The zero-order valence-electron chi connectivity index (χ0n) is 11.5. The third-order valence-electron chi connectivity index (χ3n) is 3.00. The zero-order valence-corrected chi connectivity index (χ0v) is 11.5. The summed E-state index contributed by atoms with van der Waals surface area (Å²) in [5.74, 6) is 0.834. The summed E-state index contributed by atoms with van der Waals surface area (Å²) in [5.41, 5.74) is 0.920. The molecule has 0 unspecified atom stereocenters. The summed E-state index contributed by atoms with van der Waals surface area (Å²) in [6, 6.07) is 8.59. The van der Waals surface area contributed by atoms with Crippen LogP contribution in [0.3, 0.4) is 0 Å². The van der Waals surface area contributed by atoms with Crippen LogP contribution in [-0.4, -0.2) is 19.5 Å². The van der Waals surface area contributed by atoms with Gasteiger partial charge < -0.3 is 8.98 Å². The number of pyridine rings is 1. The van der Waals surface area contributed by atoms with Gasteiger partial charge in [0.05, 0.1) is 18.3 Å². The molecule has 0 aromatic carbocycles. The van der Waals surface area contributed by atoms with E-state index in [4.69, 9.17) is 4.42 Å². The molecule has 0 saturated heterocycles. The highest BCUT2D eigenvalue weighted by atomic mass is 16.6. The summed E-state index contributed by atoms with van der Waals surface area (Å²) in [6.45, 7) is 0.596. The molecule has 7 nitrogen and oxygen atoms in total. The van der Waals surface area contributed by atoms with Crippen LogP contribution in [0.25, 0.3) is 12.2 Å². The third kappa shape index (κ3) is 3.09. The first-order chi connectivity index (χ1) is 10.7. The van der Waals surface area contributed by atoms with Crippen LogP contribution >= 0.6 is 0 Å². The molecule has 0 spiro atoms. The molecule has 0 N–H and O–H groups in total. The fourth-order valence-corrected chi connectivity index (χ4v) is 1.97. The molecule has 0 bridgehead atoms. The van der Waals surface area contributed by atoms with E-state index in [1.807, 2.05) is 29.0 Å². The number of imidazole rings is 1. The lowest BCUT2D eigenvalue weighted by atomic mass is 10.3. The smallest absolute Gasteiger partial charge is 0.401 e. The Morgan fingerprint density at radius 1 is 1.18 bits per heavy atom. The molecule has 0 radical (unpaired) electrons. The van der Waals surface area contributed by atoms with Crippen LogP contribution in [-0.2, 0) is 6.54 Å². The van der Waals surface area contributed by atoms with Crippen LogP contribution in [0.2, 0.25) is 0 Å². The molecule has 3 aromatic heterocycles. The van der Waals surface area contributed by atoms with Crippen molar-refractivity contribution in [3.8, 4) is 0 Å². The lowest BCUT2D eigenvalue weighted by Gasteiger charge is -2.03. The maximum atomic E-state index is 10.6. The second-order valence-electron chi connectivity index (χ2n) is 4.50. The normalized spacial score (nSPS) is 11.1. The van der Waals surface area contributed by atoms with Gasteiger partial charge >= 0.3 is 5.88 Å². The first-order valence-corrected chi connectivity index (χ1v) is 6.56. The van der Waals surface area contributed by atoms with Gasteiger partial charge in [0, 0.05) is 18.6 Å². The zero-order chi connectivity index (χ0) is 15.4. The highest BCUT2D eigenvalue weighted by molar-refractivity contribution is 5.64. The molecule has 7 heteroatoms. The number of furan rings is 1. The lowest BCUT2D eigenvalue weighted by Crippen LogP contribution is -2.02. The van der Waals surface area contributed by atoms with Gasteiger partial charge in [-0.15, -0.1) is 0 Å². The molecule has 0 aliphatic rings. The molecule has 3 aromatic rings. The van der Waals surface area contributed by atoms with Gasteiger partial charge in [-0.25, -0.2) is 4.98 Å². The fourth-order valence-electron chi connectivity index (χ4n) is 1.97. The Labute approximate surface area is 125 Å². The van der Waals surface area contributed by atoms with Gasteiger partial charge in [0.15, 0.2) is 0 Å². The third-order valence-corrected chi connectivity index (χ3v) is 3.00. The van der Waals surface area contributed by atoms with Crippen molar-refractivity contribution in [2.75, 3.05) is 0 Å². The van der Waals surface area contributed by atoms with Crippen molar-refractivity contribution in [1.82, 2.24) is 14.5 Å². The molecular formula is C15H12N4O3. The second-order valence-corrected chi connectivity index (χ2v) is 4.50. The number of hydrogen-bond donors (Lipinski definition) is 0. The minimum atomic E-state index is -0.570. The van der Waals surface area contributed by atoms with Crippen LogP contribution in [0.1, 0.15) is 17.3 Å². The van der Waals surface area contributed by atoms with Gasteiger partial charge in [0.2, 0.25) is 0 Å². The van der Waals surface area contributed by atoms with E-state index in [0.29, 0.717) is 18.1 Å². The van der Waals surface area contributed by atoms with Crippen LogP contribution in [0.5, 0.6) is 0 Å². The molecule has 0 saturated carbocycles.